The van der Waals surface area contributed by atoms with Gasteiger partial charge >= 0.3 is 0 Å². The number of carbonyl (C=O) groups excluding carboxylic acids is 1. The van der Waals surface area contributed by atoms with Gasteiger partial charge in [-0.05, 0) is 23.8 Å². The Hall–Kier alpha value is -3.58. The normalized spacial score (nSPS) is 14.8. The Morgan fingerprint density at radius 2 is 1.68 bits per heavy atom. The average Bonchev–Trinajstić information content (AvgIpc) is 2.82. The largest absolute Gasteiger partial charge is 0.339 e. The molecule has 1 amide bonds. The summed E-state index contributed by atoms with van der Waals surface area (Å²) in [6.45, 7) is 3.72. The van der Waals surface area contributed by atoms with Crippen LogP contribution in [0.3, 0.4) is 0 Å². The first-order valence-electron chi connectivity index (χ1n) is 10.4. The van der Waals surface area contributed by atoms with Gasteiger partial charge in [-0.15, -0.1) is 0 Å². The summed E-state index contributed by atoms with van der Waals surface area (Å²) < 4.78 is 1.24. The third-order valence-electron chi connectivity index (χ3n) is 5.33. The van der Waals surface area contributed by atoms with E-state index in [4.69, 9.17) is 0 Å². The van der Waals surface area contributed by atoms with E-state index in [1.54, 1.807) is 18.5 Å². The monoisotopic (exact) mass is 415 g/mol. The molecule has 0 bridgehead atoms. The number of pyridine rings is 1. The number of rotatable bonds is 6. The lowest BCUT2D eigenvalue weighted by Gasteiger charge is -2.34. The minimum absolute atomic E-state index is 0.0499. The predicted molar refractivity (Wildman–Crippen MR) is 120 cm³/mol. The summed E-state index contributed by atoms with van der Waals surface area (Å²) in [5, 5.41) is 4.37. The first-order chi connectivity index (χ1) is 15.2. The van der Waals surface area contributed by atoms with Crippen LogP contribution in [0.2, 0.25) is 0 Å². The first kappa shape index (κ1) is 20.7. The third-order valence-corrected chi connectivity index (χ3v) is 5.33. The molecular weight excluding hydrogens is 390 g/mol. The lowest BCUT2D eigenvalue weighted by Crippen LogP contribution is -2.50. The van der Waals surface area contributed by atoms with Crippen molar-refractivity contribution in [2.24, 2.45) is 0 Å². The van der Waals surface area contributed by atoms with Crippen molar-refractivity contribution in [3.05, 3.63) is 89.0 Å². The Bertz CT molecular complexity index is 1090. The molecule has 4 rings (SSSR count). The fourth-order valence-corrected chi connectivity index (χ4v) is 3.55. The van der Waals surface area contributed by atoms with Crippen molar-refractivity contribution in [1.29, 1.82) is 0 Å². The smallest absolute Gasteiger partial charge is 0.267 e. The van der Waals surface area contributed by atoms with Gasteiger partial charge in [0.2, 0.25) is 5.91 Å². The molecule has 0 unspecified atom stereocenters. The van der Waals surface area contributed by atoms with Gasteiger partial charge in [0, 0.05) is 56.7 Å². The van der Waals surface area contributed by atoms with Crippen molar-refractivity contribution in [1.82, 2.24) is 24.6 Å². The number of carbonyl (C=O) groups is 1. The minimum Gasteiger partial charge on any atom is -0.339 e. The summed E-state index contributed by atoms with van der Waals surface area (Å²) >= 11 is 0. The second-order valence-corrected chi connectivity index (χ2v) is 7.44. The number of amides is 1. The molecule has 1 saturated heterocycles. The minimum atomic E-state index is -0.282. The van der Waals surface area contributed by atoms with Crippen LogP contribution in [0.25, 0.3) is 17.3 Å². The molecular formula is C24H25N5O2. The fourth-order valence-electron chi connectivity index (χ4n) is 3.55. The van der Waals surface area contributed by atoms with Crippen LogP contribution in [-0.4, -0.2) is 63.2 Å². The van der Waals surface area contributed by atoms with E-state index in [-0.39, 0.29) is 18.0 Å². The quantitative estimate of drug-likeness (QED) is 0.617. The van der Waals surface area contributed by atoms with Crippen LogP contribution >= 0.6 is 0 Å². The van der Waals surface area contributed by atoms with Crippen molar-refractivity contribution in [3.8, 4) is 11.3 Å². The van der Waals surface area contributed by atoms with Gasteiger partial charge in [-0.25, -0.2) is 4.68 Å². The van der Waals surface area contributed by atoms with E-state index in [1.165, 1.54) is 16.3 Å². The number of hydrogen-bond acceptors (Lipinski definition) is 5. The first-order valence-corrected chi connectivity index (χ1v) is 10.4. The Morgan fingerprint density at radius 1 is 0.935 bits per heavy atom. The molecule has 2 aromatic heterocycles. The summed E-state index contributed by atoms with van der Waals surface area (Å²) in [5.74, 6) is -0.0824. The molecule has 1 aliphatic rings. The van der Waals surface area contributed by atoms with Gasteiger partial charge < -0.3 is 4.90 Å². The highest BCUT2D eigenvalue weighted by atomic mass is 16.2. The number of nitrogens with zero attached hydrogens (tertiary/aromatic N) is 5. The SMILES string of the molecule is O=C(Cn1nc(-c2ccncc2)ccc1=O)N1CCN(C/C=C/c2ccccc2)CC1. The number of aromatic nitrogens is 3. The summed E-state index contributed by atoms with van der Waals surface area (Å²) in [4.78, 5) is 33.1. The zero-order chi connectivity index (χ0) is 21.5. The molecule has 7 nitrogen and oxygen atoms in total. The Morgan fingerprint density at radius 3 is 2.42 bits per heavy atom. The Kier molecular flexibility index (Phi) is 6.64. The van der Waals surface area contributed by atoms with Crippen molar-refractivity contribution < 1.29 is 4.79 Å². The Balaban J connectivity index is 1.31. The van der Waals surface area contributed by atoms with Gasteiger partial charge in [-0.1, -0.05) is 42.5 Å². The van der Waals surface area contributed by atoms with Crippen molar-refractivity contribution in [2.45, 2.75) is 6.54 Å². The molecule has 3 aromatic rings. The van der Waals surface area contributed by atoms with Gasteiger partial charge in [0.15, 0.2) is 0 Å². The lowest BCUT2D eigenvalue weighted by molar-refractivity contribution is -0.133. The topological polar surface area (TPSA) is 71.3 Å². The fraction of sp³-hybridized carbons (Fsp3) is 0.250. The van der Waals surface area contributed by atoms with E-state index < -0.39 is 0 Å². The van der Waals surface area contributed by atoms with E-state index in [1.807, 2.05) is 35.2 Å². The molecule has 0 aliphatic carbocycles. The maximum Gasteiger partial charge on any atom is 0.267 e. The van der Waals surface area contributed by atoms with Crippen LogP contribution in [0, 0.1) is 0 Å². The molecule has 0 spiro atoms. The van der Waals surface area contributed by atoms with Crippen molar-refractivity contribution in [2.75, 3.05) is 32.7 Å². The summed E-state index contributed by atoms with van der Waals surface area (Å²) in [5.41, 5.74) is 2.40. The summed E-state index contributed by atoms with van der Waals surface area (Å²) in [7, 11) is 0. The molecule has 1 aromatic carbocycles. The third kappa shape index (κ3) is 5.52. The number of benzene rings is 1. The average molecular weight is 415 g/mol. The van der Waals surface area contributed by atoms with Crippen LogP contribution in [0.15, 0.2) is 77.9 Å². The molecule has 0 atom stereocenters. The number of piperazine rings is 1. The van der Waals surface area contributed by atoms with Crippen LogP contribution in [0.1, 0.15) is 5.56 Å². The zero-order valence-corrected chi connectivity index (χ0v) is 17.3. The second-order valence-electron chi connectivity index (χ2n) is 7.44. The highest BCUT2D eigenvalue weighted by Crippen LogP contribution is 2.13. The molecule has 0 saturated carbocycles. The molecule has 158 valence electrons. The van der Waals surface area contributed by atoms with E-state index >= 15 is 0 Å². The van der Waals surface area contributed by atoms with Crippen LogP contribution < -0.4 is 5.56 Å². The van der Waals surface area contributed by atoms with Gasteiger partial charge in [0.25, 0.3) is 5.56 Å². The van der Waals surface area contributed by atoms with Crippen LogP contribution in [-0.2, 0) is 11.3 Å². The van der Waals surface area contributed by atoms with E-state index in [9.17, 15) is 9.59 Å². The zero-order valence-electron chi connectivity index (χ0n) is 17.3. The number of hydrogen-bond donors (Lipinski definition) is 0. The molecule has 0 N–H and O–H groups in total. The molecule has 1 aliphatic heterocycles. The highest BCUT2D eigenvalue weighted by molar-refractivity contribution is 5.76. The van der Waals surface area contributed by atoms with Crippen LogP contribution in [0.5, 0.6) is 0 Å². The molecule has 31 heavy (non-hydrogen) atoms. The van der Waals surface area contributed by atoms with Crippen molar-refractivity contribution in [3.63, 3.8) is 0 Å². The maximum absolute atomic E-state index is 12.8. The molecule has 1 fully saturated rings. The van der Waals surface area contributed by atoms with Crippen molar-refractivity contribution >= 4 is 12.0 Å². The van der Waals surface area contributed by atoms with Gasteiger partial charge in [-0.3, -0.25) is 19.5 Å². The van der Waals surface area contributed by atoms with Crippen LogP contribution in [0.4, 0.5) is 0 Å². The lowest BCUT2D eigenvalue weighted by atomic mass is 10.2. The van der Waals surface area contributed by atoms with Gasteiger partial charge in [0.1, 0.15) is 6.54 Å². The van der Waals surface area contributed by atoms with Gasteiger partial charge in [0.05, 0.1) is 5.69 Å². The van der Waals surface area contributed by atoms with E-state index in [2.05, 4.69) is 39.3 Å². The maximum atomic E-state index is 12.8. The predicted octanol–water partition coefficient (Wildman–Crippen LogP) is 2.16. The standard InChI is InChI=1S/C24H25N5O2/c30-23-9-8-22(21-10-12-25-13-11-21)26-29(23)19-24(31)28-17-15-27(16-18-28)14-4-7-20-5-2-1-3-6-20/h1-13H,14-19H2/b7-4+. The molecule has 3 heterocycles. The molecule has 7 heteroatoms. The van der Waals surface area contributed by atoms with E-state index in [0.717, 1.165) is 25.2 Å². The summed E-state index contributed by atoms with van der Waals surface area (Å²) in [6.07, 6.45) is 7.62. The summed E-state index contributed by atoms with van der Waals surface area (Å²) in [6, 6.07) is 17.0. The van der Waals surface area contributed by atoms with E-state index in [0.29, 0.717) is 18.8 Å². The Labute approximate surface area is 181 Å². The molecule has 0 radical (unpaired) electrons. The van der Waals surface area contributed by atoms with Gasteiger partial charge in [-0.2, -0.15) is 5.10 Å². The second kappa shape index (κ2) is 9.95. The highest BCUT2D eigenvalue weighted by Gasteiger charge is 2.21.